The Kier molecular flexibility index (Phi) is 3.75. The van der Waals surface area contributed by atoms with E-state index in [0.717, 1.165) is 23.5 Å². The predicted octanol–water partition coefficient (Wildman–Crippen LogP) is 4.30. The largest absolute Gasteiger partial charge is 0.506 e. The molecular weight excluding hydrogens is 409 g/mol. The first-order valence-electron chi connectivity index (χ1n) is 8.48. The van der Waals surface area contributed by atoms with Crippen molar-refractivity contribution in [1.29, 1.82) is 0 Å². The number of hydrogen-bond donors (Lipinski definition) is 2. The van der Waals surface area contributed by atoms with Gasteiger partial charge in [0.15, 0.2) is 11.5 Å². The first-order chi connectivity index (χ1) is 13.8. The first kappa shape index (κ1) is 17.8. The number of nitrogens with zero attached hydrogens (tertiary/aromatic N) is 1. The quantitative estimate of drug-likeness (QED) is 0.480. The van der Waals surface area contributed by atoms with Gasteiger partial charge in [0.25, 0.3) is 5.56 Å². The van der Waals surface area contributed by atoms with Crippen LogP contribution in [0.15, 0.2) is 35.1 Å². The van der Waals surface area contributed by atoms with Gasteiger partial charge < -0.3 is 19.6 Å². The van der Waals surface area contributed by atoms with Crippen LogP contribution in [0.1, 0.15) is 5.56 Å². The molecule has 2 N–H and O–H groups in total. The van der Waals surface area contributed by atoms with Gasteiger partial charge in [0, 0.05) is 17.0 Å². The number of halogens is 3. The molecule has 10 heteroatoms. The Morgan fingerprint density at radius 2 is 1.86 bits per heavy atom. The Labute approximate surface area is 164 Å². The lowest BCUT2D eigenvalue weighted by atomic mass is 10.1. The number of alkyl halides is 3. The first-order valence-corrected chi connectivity index (χ1v) is 9.29. The van der Waals surface area contributed by atoms with Gasteiger partial charge in [-0.25, -0.2) is 4.98 Å². The van der Waals surface area contributed by atoms with E-state index in [9.17, 15) is 23.1 Å². The van der Waals surface area contributed by atoms with Gasteiger partial charge in [-0.05, 0) is 24.3 Å². The SMILES string of the molecule is O=c1cc(O)c2sc3nc(-c4ccc5c(c4)OCCO5)cc(C(F)(F)F)c3c2[nH]1. The fraction of sp³-hybridized carbons (Fsp3) is 0.158. The van der Waals surface area contributed by atoms with Gasteiger partial charge in [0.2, 0.25) is 0 Å². The van der Waals surface area contributed by atoms with Crippen molar-refractivity contribution in [1.82, 2.24) is 9.97 Å². The van der Waals surface area contributed by atoms with Crippen molar-refractivity contribution in [2.45, 2.75) is 6.18 Å². The molecule has 0 amide bonds. The molecule has 148 valence electrons. The molecule has 0 atom stereocenters. The monoisotopic (exact) mass is 420 g/mol. The summed E-state index contributed by atoms with van der Waals surface area (Å²) in [5.74, 6) is 0.560. The smallest absolute Gasteiger partial charge is 0.417 e. The Hall–Kier alpha value is -3.27. The Morgan fingerprint density at radius 1 is 1.10 bits per heavy atom. The van der Waals surface area contributed by atoms with Crippen LogP contribution < -0.4 is 15.0 Å². The number of thiophene rings is 1. The van der Waals surface area contributed by atoms with Crippen molar-refractivity contribution >= 4 is 31.8 Å². The van der Waals surface area contributed by atoms with Crippen LogP contribution in [0, 0.1) is 0 Å². The molecule has 0 aliphatic carbocycles. The molecule has 1 aromatic carbocycles. The summed E-state index contributed by atoms with van der Waals surface area (Å²) in [7, 11) is 0. The van der Waals surface area contributed by atoms with E-state index in [1.165, 1.54) is 0 Å². The van der Waals surface area contributed by atoms with Gasteiger partial charge in [0.1, 0.15) is 23.8 Å². The number of rotatable bonds is 1. The van der Waals surface area contributed by atoms with E-state index < -0.39 is 17.3 Å². The van der Waals surface area contributed by atoms with Crippen molar-refractivity contribution in [3.63, 3.8) is 0 Å². The maximum Gasteiger partial charge on any atom is 0.417 e. The maximum atomic E-state index is 13.9. The molecule has 1 aliphatic rings. The van der Waals surface area contributed by atoms with E-state index in [4.69, 9.17) is 9.47 Å². The summed E-state index contributed by atoms with van der Waals surface area (Å²) in [4.78, 5) is 18.5. The highest BCUT2D eigenvalue weighted by Gasteiger charge is 2.35. The zero-order valence-electron chi connectivity index (χ0n) is 14.5. The van der Waals surface area contributed by atoms with Crippen LogP contribution in [0.4, 0.5) is 13.2 Å². The standard InChI is InChI=1S/C19H11F3N2O4S/c20-19(21,22)9-6-10(8-1-2-12-13(5-8)28-4-3-27-12)23-18-15(9)16-17(29-18)11(25)7-14(26)24-16/h1-2,5-7H,3-4H2,(H2,24,25,26). The Bertz CT molecular complexity index is 1340. The molecule has 0 saturated carbocycles. The average molecular weight is 420 g/mol. The fourth-order valence-electron chi connectivity index (χ4n) is 3.32. The zero-order chi connectivity index (χ0) is 20.3. The van der Waals surface area contributed by atoms with E-state index in [2.05, 4.69) is 9.97 Å². The van der Waals surface area contributed by atoms with E-state index >= 15 is 0 Å². The highest BCUT2D eigenvalue weighted by atomic mass is 32.1. The third kappa shape index (κ3) is 2.87. The number of H-pyrrole nitrogens is 1. The van der Waals surface area contributed by atoms with Crippen LogP contribution in [0.3, 0.4) is 0 Å². The highest BCUT2D eigenvalue weighted by Crippen LogP contribution is 2.44. The summed E-state index contributed by atoms with van der Waals surface area (Å²) < 4.78 is 52.7. The molecule has 0 fully saturated rings. The zero-order valence-corrected chi connectivity index (χ0v) is 15.3. The number of aromatic hydroxyl groups is 1. The van der Waals surface area contributed by atoms with Crippen LogP contribution in [0.2, 0.25) is 0 Å². The summed E-state index contributed by atoms with van der Waals surface area (Å²) in [5, 5.41) is 9.77. The Morgan fingerprint density at radius 3 is 2.62 bits per heavy atom. The molecule has 0 radical (unpaired) electrons. The summed E-state index contributed by atoms with van der Waals surface area (Å²) >= 11 is 0.878. The second kappa shape index (κ2) is 6.11. The van der Waals surface area contributed by atoms with Crippen molar-refractivity contribution in [3.8, 4) is 28.5 Å². The Balaban J connectivity index is 1.81. The summed E-state index contributed by atoms with van der Waals surface area (Å²) in [6.45, 7) is 0.748. The minimum Gasteiger partial charge on any atom is -0.506 e. The van der Waals surface area contributed by atoms with Crippen LogP contribution in [0.25, 0.3) is 31.7 Å². The van der Waals surface area contributed by atoms with Gasteiger partial charge in [-0.1, -0.05) is 0 Å². The van der Waals surface area contributed by atoms with Crippen molar-refractivity contribution in [2.24, 2.45) is 0 Å². The molecule has 0 spiro atoms. The lowest BCUT2D eigenvalue weighted by Crippen LogP contribution is -2.15. The predicted molar refractivity (Wildman–Crippen MR) is 101 cm³/mol. The number of nitrogens with one attached hydrogen (secondary N) is 1. The number of benzene rings is 1. The third-order valence-electron chi connectivity index (χ3n) is 4.55. The summed E-state index contributed by atoms with van der Waals surface area (Å²) in [5.41, 5.74) is -1.20. The van der Waals surface area contributed by atoms with E-state index in [1.807, 2.05) is 0 Å². The summed E-state index contributed by atoms with van der Waals surface area (Å²) in [6, 6.07) is 6.66. The van der Waals surface area contributed by atoms with E-state index in [0.29, 0.717) is 30.3 Å². The third-order valence-corrected chi connectivity index (χ3v) is 5.66. The van der Waals surface area contributed by atoms with E-state index in [-0.39, 0.29) is 31.9 Å². The van der Waals surface area contributed by atoms with Crippen molar-refractivity contribution in [2.75, 3.05) is 13.2 Å². The van der Waals surface area contributed by atoms with Gasteiger partial charge in [0.05, 0.1) is 21.5 Å². The lowest BCUT2D eigenvalue weighted by Gasteiger charge is -2.19. The topological polar surface area (TPSA) is 84.4 Å². The van der Waals surface area contributed by atoms with Crippen LogP contribution in [-0.2, 0) is 6.18 Å². The van der Waals surface area contributed by atoms with Crippen molar-refractivity contribution in [3.05, 3.63) is 46.2 Å². The van der Waals surface area contributed by atoms with Crippen LogP contribution in [0.5, 0.6) is 17.2 Å². The number of aromatic amines is 1. The molecule has 29 heavy (non-hydrogen) atoms. The minimum atomic E-state index is -4.69. The van der Waals surface area contributed by atoms with Gasteiger partial charge in [-0.2, -0.15) is 13.2 Å². The fourth-order valence-corrected chi connectivity index (χ4v) is 4.39. The molecule has 0 saturated heterocycles. The molecule has 0 bridgehead atoms. The molecule has 3 aromatic heterocycles. The molecular formula is C19H11F3N2O4S. The van der Waals surface area contributed by atoms with Crippen LogP contribution in [-0.4, -0.2) is 28.3 Å². The van der Waals surface area contributed by atoms with Gasteiger partial charge in [-0.15, -0.1) is 11.3 Å². The number of aromatic nitrogens is 2. The van der Waals surface area contributed by atoms with Gasteiger partial charge in [-0.3, -0.25) is 4.79 Å². The number of ether oxygens (including phenoxy) is 2. The second-order valence-corrected chi connectivity index (χ2v) is 7.42. The number of hydrogen-bond acceptors (Lipinski definition) is 6. The minimum absolute atomic E-state index is 0.0527. The molecule has 6 nitrogen and oxygen atoms in total. The average Bonchev–Trinajstić information content (AvgIpc) is 3.05. The highest BCUT2D eigenvalue weighted by molar-refractivity contribution is 7.25. The van der Waals surface area contributed by atoms with Gasteiger partial charge >= 0.3 is 6.18 Å². The molecule has 5 rings (SSSR count). The molecule has 1 aliphatic heterocycles. The molecule has 4 aromatic rings. The van der Waals surface area contributed by atoms with Crippen LogP contribution >= 0.6 is 11.3 Å². The second-order valence-electron chi connectivity index (χ2n) is 6.42. The summed E-state index contributed by atoms with van der Waals surface area (Å²) in [6.07, 6.45) is -4.69. The van der Waals surface area contributed by atoms with Crippen molar-refractivity contribution < 1.29 is 27.8 Å². The maximum absolute atomic E-state index is 13.9. The molecule has 4 heterocycles. The van der Waals surface area contributed by atoms with E-state index in [1.54, 1.807) is 18.2 Å². The lowest BCUT2D eigenvalue weighted by molar-refractivity contribution is -0.136. The molecule has 0 unspecified atom stereocenters. The number of fused-ring (bicyclic) bond motifs is 4. The number of pyridine rings is 2. The normalized spacial score (nSPS) is 13.9.